The molecule has 0 saturated carbocycles. The number of methoxy groups -OCH3 is 1. The quantitative estimate of drug-likeness (QED) is 0.289. The average molecular weight is 548 g/mol. The lowest BCUT2D eigenvalue weighted by Gasteiger charge is -2.32. The van der Waals surface area contributed by atoms with Gasteiger partial charge in [0, 0.05) is 6.54 Å². The van der Waals surface area contributed by atoms with E-state index in [9.17, 15) is 18.8 Å². The van der Waals surface area contributed by atoms with Crippen molar-refractivity contribution in [2.75, 3.05) is 17.7 Å². The number of nitrogens with one attached hydrogen (secondary N) is 1. The largest absolute Gasteiger partial charge is 0.495 e. The summed E-state index contributed by atoms with van der Waals surface area (Å²) in [5, 5.41) is 2.87. The van der Waals surface area contributed by atoms with Gasteiger partial charge in [0.1, 0.15) is 22.5 Å². The maximum Gasteiger partial charge on any atom is 0.273 e. The van der Waals surface area contributed by atoms with Crippen molar-refractivity contribution in [1.29, 1.82) is 0 Å². The molecule has 3 aromatic carbocycles. The summed E-state index contributed by atoms with van der Waals surface area (Å²) in [6.07, 6.45) is 0. The van der Waals surface area contributed by atoms with E-state index in [1.807, 2.05) is 37.3 Å². The molecule has 1 atom stereocenters. The van der Waals surface area contributed by atoms with Crippen molar-refractivity contribution >= 4 is 40.6 Å². The number of primary amides is 1. The number of benzene rings is 3. The second-order valence-electron chi connectivity index (χ2n) is 8.65. The van der Waals surface area contributed by atoms with Crippen LogP contribution >= 0.6 is 11.5 Å². The second-order valence-corrected chi connectivity index (χ2v) is 9.42. The lowest BCUT2D eigenvalue weighted by molar-refractivity contribution is -0.122. The van der Waals surface area contributed by atoms with Crippen LogP contribution in [0.5, 0.6) is 5.75 Å². The van der Waals surface area contributed by atoms with Gasteiger partial charge in [-0.1, -0.05) is 48.5 Å². The Balaban J connectivity index is 1.89. The summed E-state index contributed by atoms with van der Waals surface area (Å²) in [4.78, 5) is 41.0. The van der Waals surface area contributed by atoms with Gasteiger partial charge in [0.25, 0.3) is 11.8 Å². The van der Waals surface area contributed by atoms with Crippen molar-refractivity contribution in [3.05, 3.63) is 106 Å². The van der Waals surface area contributed by atoms with E-state index in [0.29, 0.717) is 22.8 Å². The third-order valence-corrected chi connectivity index (χ3v) is 6.82. The van der Waals surface area contributed by atoms with Crippen LogP contribution in [0.3, 0.4) is 0 Å². The number of hydrogen-bond acceptors (Lipinski definition) is 7. The van der Waals surface area contributed by atoms with Crippen molar-refractivity contribution < 1.29 is 23.5 Å². The number of hydrogen-bond donors (Lipinski definition) is 3. The lowest BCUT2D eigenvalue weighted by Crippen LogP contribution is -2.44. The van der Waals surface area contributed by atoms with E-state index in [2.05, 4.69) is 9.69 Å². The highest BCUT2D eigenvalue weighted by molar-refractivity contribution is 7.09. The third-order valence-electron chi connectivity index (χ3n) is 5.97. The van der Waals surface area contributed by atoms with E-state index < -0.39 is 29.6 Å². The molecule has 0 radical (unpaired) electrons. The van der Waals surface area contributed by atoms with Crippen LogP contribution in [0.15, 0.2) is 72.8 Å². The molecule has 0 saturated heterocycles. The Morgan fingerprint density at radius 2 is 1.77 bits per heavy atom. The van der Waals surface area contributed by atoms with Crippen LogP contribution in [0.4, 0.5) is 15.8 Å². The number of amides is 3. The fourth-order valence-electron chi connectivity index (χ4n) is 4.04. The molecule has 1 heterocycles. The van der Waals surface area contributed by atoms with Gasteiger partial charge >= 0.3 is 0 Å². The number of carbonyl (C=O) groups is 3. The molecule has 0 spiro atoms. The summed E-state index contributed by atoms with van der Waals surface area (Å²) in [5.74, 6) is -2.36. The highest BCUT2D eigenvalue weighted by Gasteiger charge is 2.37. The SMILES string of the molecule is COc1ccc(C)cc1N(C(=O)c1snc(C(N)=O)c1N)C(C(=O)NCc1ccccc1)c1ccc(F)cc1. The van der Waals surface area contributed by atoms with Crippen molar-refractivity contribution in [3.8, 4) is 5.75 Å². The zero-order chi connectivity index (χ0) is 28.1. The molecule has 0 bridgehead atoms. The molecule has 1 unspecified atom stereocenters. The van der Waals surface area contributed by atoms with Crippen LogP contribution in [0, 0.1) is 12.7 Å². The Morgan fingerprint density at radius 1 is 1.08 bits per heavy atom. The van der Waals surface area contributed by atoms with Crippen LogP contribution in [0.1, 0.15) is 42.9 Å². The fraction of sp³-hybridized carbons (Fsp3) is 0.143. The molecule has 11 heteroatoms. The zero-order valence-electron chi connectivity index (χ0n) is 21.2. The highest BCUT2D eigenvalue weighted by Crippen LogP contribution is 2.38. The van der Waals surface area contributed by atoms with Gasteiger partial charge in [0.15, 0.2) is 5.69 Å². The molecule has 39 heavy (non-hydrogen) atoms. The summed E-state index contributed by atoms with van der Waals surface area (Å²) in [5.41, 5.74) is 13.3. The summed E-state index contributed by atoms with van der Waals surface area (Å²) >= 11 is 0.691. The molecule has 0 aliphatic heterocycles. The summed E-state index contributed by atoms with van der Waals surface area (Å²) < 4.78 is 23.4. The van der Waals surface area contributed by atoms with E-state index in [1.165, 1.54) is 36.3 Å². The van der Waals surface area contributed by atoms with E-state index in [-0.39, 0.29) is 28.5 Å². The summed E-state index contributed by atoms with van der Waals surface area (Å²) in [6, 6.07) is 18.4. The van der Waals surface area contributed by atoms with Crippen LogP contribution in [-0.4, -0.2) is 29.2 Å². The van der Waals surface area contributed by atoms with Crippen molar-refractivity contribution in [1.82, 2.24) is 9.69 Å². The minimum atomic E-state index is -1.28. The van der Waals surface area contributed by atoms with Gasteiger partial charge in [0.2, 0.25) is 5.91 Å². The first-order valence-electron chi connectivity index (χ1n) is 11.8. The number of halogens is 1. The molecule has 1 aromatic heterocycles. The standard InChI is InChI=1S/C28H26FN5O4S/c1-16-8-13-21(38-2)20(14-16)34(28(37)25-22(30)23(26(31)35)33-39-25)24(18-9-11-19(29)12-10-18)27(36)32-15-17-6-4-3-5-7-17/h3-14,24H,15,30H2,1-2H3,(H2,31,35)(H,32,36). The number of anilines is 2. The molecular weight excluding hydrogens is 521 g/mol. The summed E-state index contributed by atoms with van der Waals surface area (Å²) in [6.45, 7) is 2.00. The molecule has 0 fully saturated rings. The van der Waals surface area contributed by atoms with Gasteiger partial charge in [-0.2, -0.15) is 4.37 Å². The zero-order valence-corrected chi connectivity index (χ0v) is 22.0. The van der Waals surface area contributed by atoms with Crippen LogP contribution < -0.4 is 26.4 Å². The molecule has 0 aliphatic rings. The minimum Gasteiger partial charge on any atom is -0.495 e. The second kappa shape index (κ2) is 11.7. The van der Waals surface area contributed by atoms with Crippen LogP contribution in [-0.2, 0) is 11.3 Å². The maximum atomic E-state index is 14.2. The van der Waals surface area contributed by atoms with Gasteiger partial charge in [-0.15, -0.1) is 0 Å². The predicted molar refractivity (Wildman–Crippen MR) is 147 cm³/mol. The number of ether oxygens (including phenoxy) is 1. The Labute approximate surface area is 228 Å². The third kappa shape index (κ3) is 5.88. The van der Waals surface area contributed by atoms with E-state index in [4.69, 9.17) is 16.2 Å². The van der Waals surface area contributed by atoms with E-state index >= 15 is 0 Å². The van der Waals surface area contributed by atoms with Crippen molar-refractivity contribution in [2.24, 2.45) is 5.73 Å². The lowest BCUT2D eigenvalue weighted by atomic mass is 10.0. The van der Waals surface area contributed by atoms with Gasteiger partial charge in [-0.25, -0.2) is 4.39 Å². The molecule has 4 aromatic rings. The van der Waals surface area contributed by atoms with Gasteiger partial charge < -0.3 is 21.5 Å². The Hall–Kier alpha value is -4.77. The van der Waals surface area contributed by atoms with Gasteiger partial charge in [0.05, 0.1) is 18.5 Å². The number of nitrogen functional groups attached to an aromatic ring is 1. The number of rotatable bonds is 9. The first-order chi connectivity index (χ1) is 18.7. The molecule has 3 amide bonds. The Kier molecular flexibility index (Phi) is 8.21. The predicted octanol–water partition coefficient (Wildman–Crippen LogP) is 3.98. The van der Waals surface area contributed by atoms with Crippen LogP contribution in [0.2, 0.25) is 0 Å². The number of aromatic nitrogens is 1. The van der Waals surface area contributed by atoms with E-state index in [0.717, 1.165) is 11.1 Å². The minimum absolute atomic E-state index is 0.0877. The highest BCUT2D eigenvalue weighted by atomic mass is 32.1. The van der Waals surface area contributed by atoms with Gasteiger partial charge in [-0.05, 0) is 59.4 Å². The molecule has 200 valence electrons. The monoisotopic (exact) mass is 547 g/mol. The first kappa shape index (κ1) is 27.3. The molecule has 0 aliphatic carbocycles. The van der Waals surface area contributed by atoms with E-state index in [1.54, 1.807) is 18.2 Å². The molecule has 4 rings (SSSR count). The maximum absolute atomic E-state index is 14.2. The number of aryl methyl sites for hydroxylation is 1. The van der Waals surface area contributed by atoms with Crippen LogP contribution in [0.25, 0.3) is 0 Å². The summed E-state index contributed by atoms with van der Waals surface area (Å²) in [7, 11) is 1.44. The molecular formula is C28H26FN5O4S. The smallest absolute Gasteiger partial charge is 0.273 e. The Morgan fingerprint density at radius 3 is 2.38 bits per heavy atom. The Bertz CT molecular complexity index is 1510. The van der Waals surface area contributed by atoms with Crippen molar-refractivity contribution in [2.45, 2.75) is 19.5 Å². The number of nitrogens with zero attached hydrogens (tertiary/aromatic N) is 2. The topological polar surface area (TPSA) is 141 Å². The average Bonchev–Trinajstić information content (AvgIpc) is 3.32. The molecule has 5 N–H and O–H groups in total. The first-order valence-corrected chi connectivity index (χ1v) is 12.6. The molecule has 9 nitrogen and oxygen atoms in total. The van der Waals surface area contributed by atoms with Gasteiger partial charge in [-0.3, -0.25) is 19.3 Å². The normalized spacial score (nSPS) is 11.5. The number of carbonyl (C=O) groups excluding carboxylic acids is 3. The number of nitrogens with two attached hydrogens (primary N) is 2. The fourth-order valence-corrected chi connectivity index (χ4v) is 4.78. The van der Waals surface area contributed by atoms with Crippen molar-refractivity contribution in [3.63, 3.8) is 0 Å².